The summed E-state index contributed by atoms with van der Waals surface area (Å²) in [7, 11) is 2.12. The molecule has 0 spiro atoms. The summed E-state index contributed by atoms with van der Waals surface area (Å²) in [5.74, 6) is 0. The molecule has 2 nitrogen and oxygen atoms in total. The highest BCUT2D eigenvalue weighted by molar-refractivity contribution is 7.07. The first-order valence-corrected chi connectivity index (χ1v) is 7.34. The molecule has 0 bridgehead atoms. The number of carbonyl (C=O) groups is 1. The molecule has 0 saturated heterocycles. The van der Waals surface area contributed by atoms with Gasteiger partial charge in [0.2, 0.25) is 0 Å². The molecule has 0 aromatic carbocycles. The first-order valence-electron chi connectivity index (χ1n) is 6.40. The van der Waals surface area contributed by atoms with Gasteiger partial charge in [0.05, 0.1) is 0 Å². The molecule has 94 valence electrons. The highest BCUT2D eigenvalue weighted by Crippen LogP contribution is 2.35. The van der Waals surface area contributed by atoms with Gasteiger partial charge in [-0.25, -0.2) is 0 Å². The zero-order chi connectivity index (χ0) is 12.1. The van der Waals surface area contributed by atoms with Crippen LogP contribution in [0, 0.1) is 5.41 Å². The molecule has 0 unspecified atom stereocenters. The van der Waals surface area contributed by atoms with Crippen LogP contribution < -0.4 is 0 Å². The van der Waals surface area contributed by atoms with E-state index in [1.54, 1.807) is 11.3 Å². The Morgan fingerprint density at radius 1 is 1.41 bits per heavy atom. The molecule has 17 heavy (non-hydrogen) atoms. The van der Waals surface area contributed by atoms with Crippen molar-refractivity contribution in [1.29, 1.82) is 0 Å². The van der Waals surface area contributed by atoms with Crippen molar-refractivity contribution in [2.75, 3.05) is 13.6 Å². The van der Waals surface area contributed by atoms with Crippen LogP contribution in [0.2, 0.25) is 0 Å². The SMILES string of the molecule is CN(Cc1ccsc1)CC1(C=O)CCCCC1. The molecule has 3 heteroatoms. The minimum atomic E-state index is -0.0664. The molecule has 0 N–H and O–H groups in total. The lowest BCUT2D eigenvalue weighted by Gasteiger charge is -2.35. The third kappa shape index (κ3) is 3.39. The zero-order valence-electron chi connectivity index (χ0n) is 10.5. The van der Waals surface area contributed by atoms with Crippen LogP contribution in [0.15, 0.2) is 16.8 Å². The maximum atomic E-state index is 11.4. The zero-order valence-corrected chi connectivity index (χ0v) is 11.3. The Labute approximate surface area is 108 Å². The summed E-state index contributed by atoms with van der Waals surface area (Å²) in [6, 6.07) is 2.16. The molecule has 1 saturated carbocycles. The standard InChI is InChI=1S/C14H21NOS/c1-15(9-13-5-8-17-10-13)11-14(12-16)6-3-2-4-7-14/h5,8,10,12H,2-4,6-7,9,11H2,1H3. The normalized spacial score (nSPS) is 19.4. The lowest BCUT2D eigenvalue weighted by Crippen LogP contribution is -2.38. The van der Waals surface area contributed by atoms with E-state index in [1.165, 1.54) is 31.1 Å². The number of rotatable bonds is 5. The Morgan fingerprint density at radius 2 is 2.18 bits per heavy atom. The maximum Gasteiger partial charge on any atom is 0.127 e. The van der Waals surface area contributed by atoms with Gasteiger partial charge >= 0.3 is 0 Å². The van der Waals surface area contributed by atoms with Crippen molar-refractivity contribution < 1.29 is 4.79 Å². The van der Waals surface area contributed by atoms with Crippen molar-refractivity contribution >= 4 is 17.6 Å². The molecule has 1 fully saturated rings. The molecule has 1 aliphatic carbocycles. The van der Waals surface area contributed by atoms with Gasteiger partial charge in [0.1, 0.15) is 6.29 Å². The Hall–Kier alpha value is -0.670. The van der Waals surface area contributed by atoms with E-state index in [-0.39, 0.29) is 5.41 Å². The van der Waals surface area contributed by atoms with Gasteiger partial charge in [-0.05, 0) is 42.3 Å². The summed E-state index contributed by atoms with van der Waals surface area (Å²) < 4.78 is 0. The van der Waals surface area contributed by atoms with Crippen molar-refractivity contribution in [2.45, 2.75) is 38.6 Å². The number of nitrogens with zero attached hydrogens (tertiary/aromatic N) is 1. The van der Waals surface area contributed by atoms with Gasteiger partial charge in [0.25, 0.3) is 0 Å². The summed E-state index contributed by atoms with van der Waals surface area (Å²) >= 11 is 1.74. The summed E-state index contributed by atoms with van der Waals surface area (Å²) in [4.78, 5) is 13.7. The van der Waals surface area contributed by atoms with E-state index in [9.17, 15) is 4.79 Å². The second-order valence-electron chi connectivity index (χ2n) is 5.34. The molecule has 2 rings (SSSR count). The topological polar surface area (TPSA) is 20.3 Å². The predicted molar refractivity (Wildman–Crippen MR) is 72.2 cm³/mol. The lowest BCUT2D eigenvalue weighted by molar-refractivity contribution is -0.119. The van der Waals surface area contributed by atoms with Gasteiger partial charge < -0.3 is 9.69 Å². The van der Waals surface area contributed by atoms with E-state index in [0.717, 1.165) is 25.9 Å². The smallest absolute Gasteiger partial charge is 0.127 e. The molecule has 1 heterocycles. The van der Waals surface area contributed by atoms with Gasteiger partial charge in [-0.2, -0.15) is 11.3 Å². The fourth-order valence-corrected chi connectivity index (χ4v) is 3.52. The molecule has 0 radical (unpaired) electrons. The Morgan fingerprint density at radius 3 is 2.76 bits per heavy atom. The number of hydrogen-bond donors (Lipinski definition) is 0. The van der Waals surface area contributed by atoms with Crippen molar-refractivity contribution in [3.05, 3.63) is 22.4 Å². The van der Waals surface area contributed by atoms with Gasteiger partial charge in [0, 0.05) is 18.5 Å². The summed E-state index contributed by atoms with van der Waals surface area (Å²) in [6.45, 7) is 1.87. The first kappa shape index (κ1) is 12.8. The van der Waals surface area contributed by atoms with Crippen molar-refractivity contribution in [2.24, 2.45) is 5.41 Å². The van der Waals surface area contributed by atoms with Crippen LogP contribution in [0.3, 0.4) is 0 Å². The summed E-state index contributed by atoms with van der Waals surface area (Å²) in [6.07, 6.45) is 7.09. The van der Waals surface area contributed by atoms with E-state index in [1.807, 2.05) is 0 Å². The van der Waals surface area contributed by atoms with Crippen LogP contribution in [0.5, 0.6) is 0 Å². The molecule has 1 aromatic rings. The van der Waals surface area contributed by atoms with Crippen molar-refractivity contribution in [1.82, 2.24) is 4.90 Å². The summed E-state index contributed by atoms with van der Waals surface area (Å²) in [5.41, 5.74) is 1.29. The third-order valence-corrected chi connectivity index (χ3v) is 4.45. The van der Waals surface area contributed by atoms with Gasteiger partial charge in [-0.15, -0.1) is 0 Å². The maximum absolute atomic E-state index is 11.4. The Kier molecular flexibility index (Phi) is 4.35. The lowest BCUT2D eigenvalue weighted by atomic mass is 9.75. The van der Waals surface area contributed by atoms with Gasteiger partial charge in [-0.1, -0.05) is 19.3 Å². The highest BCUT2D eigenvalue weighted by atomic mass is 32.1. The molecule has 0 atom stereocenters. The average Bonchev–Trinajstić information content (AvgIpc) is 2.83. The number of hydrogen-bond acceptors (Lipinski definition) is 3. The fraction of sp³-hybridized carbons (Fsp3) is 0.643. The minimum absolute atomic E-state index is 0.0664. The van der Waals surface area contributed by atoms with Crippen LogP contribution in [-0.2, 0) is 11.3 Å². The van der Waals surface area contributed by atoms with Crippen molar-refractivity contribution in [3.63, 3.8) is 0 Å². The number of thiophene rings is 1. The predicted octanol–water partition coefficient (Wildman–Crippen LogP) is 3.33. The van der Waals surface area contributed by atoms with Crippen molar-refractivity contribution in [3.8, 4) is 0 Å². The van der Waals surface area contributed by atoms with Gasteiger partial charge in [0.15, 0.2) is 0 Å². The average molecular weight is 251 g/mol. The molecule has 1 aromatic heterocycles. The van der Waals surface area contributed by atoms with Crippen LogP contribution in [0.4, 0.5) is 0 Å². The van der Waals surface area contributed by atoms with Crippen LogP contribution in [-0.4, -0.2) is 24.8 Å². The summed E-state index contributed by atoms with van der Waals surface area (Å²) in [5, 5.41) is 4.30. The second kappa shape index (κ2) is 5.78. The Bertz CT molecular complexity index is 341. The largest absolute Gasteiger partial charge is 0.303 e. The van der Waals surface area contributed by atoms with Gasteiger partial charge in [-0.3, -0.25) is 0 Å². The van der Waals surface area contributed by atoms with E-state index < -0.39 is 0 Å². The molecular weight excluding hydrogens is 230 g/mol. The molecule has 0 aliphatic heterocycles. The van der Waals surface area contributed by atoms with E-state index in [2.05, 4.69) is 28.8 Å². The van der Waals surface area contributed by atoms with Crippen LogP contribution >= 0.6 is 11.3 Å². The highest BCUT2D eigenvalue weighted by Gasteiger charge is 2.32. The molecule has 0 amide bonds. The second-order valence-corrected chi connectivity index (χ2v) is 6.12. The monoisotopic (exact) mass is 251 g/mol. The third-order valence-electron chi connectivity index (χ3n) is 3.72. The van der Waals surface area contributed by atoms with E-state index in [0.29, 0.717) is 0 Å². The van der Waals surface area contributed by atoms with E-state index in [4.69, 9.17) is 0 Å². The van der Waals surface area contributed by atoms with Crippen LogP contribution in [0.25, 0.3) is 0 Å². The number of carbonyl (C=O) groups excluding carboxylic acids is 1. The molecule has 1 aliphatic rings. The van der Waals surface area contributed by atoms with Crippen LogP contribution in [0.1, 0.15) is 37.7 Å². The minimum Gasteiger partial charge on any atom is -0.303 e. The fourth-order valence-electron chi connectivity index (χ4n) is 2.86. The Balaban J connectivity index is 1.91. The number of aldehydes is 1. The first-order chi connectivity index (χ1) is 8.24. The van der Waals surface area contributed by atoms with E-state index >= 15 is 0 Å². The molecular formula is C14H21NOS. The quantitative estimate of drug-likeness (QED) is 0.748.